The molecule has 0 aliphatic carbocycles. The van der Waals surface area contributed by atoms with Crippen LogP contribution in [0.4, 0.5) is 5.69 Å². The van der Waals surface area contributed by atoms with Crippen LogP contribution in [0.1, 0.15) is 37.3 Å². The summed E-state index contributed by atoms with van der Waals surface area (Å²) >= 11 is 1.74. The van der Waals surface area contributed by atoms with Gasteiger partial charge in [-0.2, -0.15) is 11.3 Å². The summed E-state index contributed by atoms with van der Waals surface area (Å²) in [7, 11) is 1.56. The molecule has 1 atom stereocenters. The molecule has 0 unspecified atom stereocenters. The number of oxime groups is 1. The van der Waals surface area contributed by atoms with Crippen LogP contribution in [0.3, 0.4) is 0 Å². The Kier molecular flexibility index (Phi) is 8.28. The van der Waals surface area contributed by atoms with Crippen LogP contribution in [0, 0.1) is 0 Å². The first kappa shape index (κ1) is 22.3. The van der Waals surface area contributed by atoms with E-state index in [0.717, 1.165) is 38.9 Å². The van der Waals surface area contributed by atoms with Crippen molar-refractivity contribution >= 4 is 29.1 Å². The smallest absolute Gasteiger partial charge is 0.218 e. The normalized spacial score (nSPS) is 16.6. The summed E-state index contributed by atoms with van der Waals surface area (Å²) in [5, 5.41) is 8.19. The molecule has 1 aliphatic rings. The van der Waals surface area contributed by atoms with Crippen molar-refractivity contribution in [3.8, 4) is 0 Å². The molecular weight excluding hydrogens is 396 g/mol. The summed E-state index contributed by atoms with van der Waals surface area (Å²) in [4.78, 5) is 20.9. The molecule has 1 amide bonds. The average molecular weight is 429 g/mol. The van der Waals surface area contributed by atoms with Gasteiger partial charge in [0.05, 0.1) is 0 Å². The van der Waals surface area contributed by atoms with Crippen molar-refractivity contribution in [2.24, 2.45) is 10.9 Å². The molecule has 162 valence electrons. The standard InChI is InChI=1S/C23H32N4O2S/c1-18(15-23(24)28)26-12-8-22(9-13-26)27(16-20-10-14-30-17-20)21-5-3-19(4-6-21)7-11-25-29-2/h3-6,10-11,14,17-18,22H,7-9,12-13,15-16H2,1-2H3,(H2,24,28)/t18-/m1/s1. The summed E-state index contributed by atoms with van der Waals surface area (Å²) in [6.07, 6.45) is 5.12. The van der Waals surface area contributed by atoms with E-state index >= 15 is 0 Å². The van der Waals surface area contributed by atoms with E-state index in [1.54, 1.807) is 24.7 Å². The Labute approximate surface area is 183 Å². The minimum absolute atomic E-state index is 0.210. The summed E-state index contributed by atoms with van der Waals surface area (Å²) in [6.45, 7) is 4.99. The van der Waals surface area contributed by atoms with Crippen LogP contribution in [0.25, 0.3) is 0 Å². The molecule has 1 aliphatic heterocycles. The highest BCUT2D eigenvalue weighted by Gasteiger charge is 2.27. The van der Waals surface area contributed by atoms with Gasteiger partial charge in [0.1, 0.15) is 7.11 Å². The van der Waals surface area contributed by atoms with E-state index in [1.807, 2.05) is 0 Å². The van der Waals surface area contributed by atoms with Crippen molar-refractivity contribution in [1.29, 1.82) is 0 Å². The Hall–Kier alpha value is -2.38. The fourth-order valence-electron chi connectivity index (χ4n) is 4.11. The molecule has 1 fully saturated rings. The van der Waals surface area contributed by atoms with Crippen molar-refractivity contribution in [2.45, 2.75) is 51.2 Å². The number of nitrogens with two attached hydrogens (primary N) is 1. The first-order valence-electron chi connectivity index (χ1n) is 10.5. The third-order valence-electron chi connectivity index (χ3n) is 5.77. The predicted molar refractivity (Wildman–Crippen MR) is 124 cm³/mol. The predicted octanol–water partition coefficient (Wildman–Crippen LogP) is 3.66. The number of likely N-dealkylation sites (tertiary alicyclic amines) is 1. The Morgan fingerprint density at radius 1 is 1.30 bits per heavy atom. The van der Waals surface area contributed by atoms with Gasteiger partial charge >= 0.3 is 0 Å². The number of hydrogen-bond donors (Lipinski definition) is 1. The highest BCUT2D eigenvalue weighted by Crippen LogP contribution is 2.28. The maximum absolute atomic E-state index is 11.3. The first-order valence-corrected chi connectivity index (χ1v) is 11.4. The van der Waals surface area contributed by atoms with Gasteiger partial charge in [0.25, 0.3) is 0 Å². The number of rotatable bonds is 10. The molecule has 3 rings (SSSR count). The number of hydrogen-bond acceptors (Lipinski definition) is 6. The number of thiophene rings is 1. The third-order valence-corrected chi connectivity index (χ3v) is 6.50. The molecule has 0 radical (unpaired) electrons. The number of carbonyl (C=O) groups is 1. The molecule has 0 spiro atoms. The van der Waals surface area contributed by atoms with Gasteiger partial charge in [-0.15, -0.1) is 0 Å². The first-order chi connectivity index (χ1) is 14.6. The fourth-order valence-corrected chi connectivity index (χ4v) is 4.77. The Bertz CT molecular complexity index is 799. The average Bonchev–Trinajstić information content (AvgIpc) is 3.26. The SMILES string of the molecule is CON=CCc1ccc(N(Cc2ccsc2)C2CCN([C@H](C)CC(N)=O)CC2)cc1. The molecule has 7 heteroatoms. The van der Waals surface area contributed by atoms with Gasteiger partial charge in [-0.25, -0.2) is 0 Å². The van der Waals surface area contributed by atoms with E-state index in [9.17, 15) is 4.79 Å². The van der Waals surface area contributed by atoms with E-state index in [2.05, 4.69) is 63.0 Å². The number of nitrogens with zero attached hydrogens (tertiary/aromatic N) is 3. The van der Waals surface area contributed by atoms with Crippen molar-refractivity contribution in [3.63, 3.8) is 0 Å². The van der Waals surface area contributed by atoms with E-state index < -0.39 is 0 Å². The summed E-state index contributed by atoms with van der Waals surface area (Å²) in [5.74, 6) is -0.223. The summed E-state index contributed by atoms with van der Waals surface area (Å²) in [5.41, 5.74) is 9.20. The Balaban J connectivity index is 1.69. The summed E-state index contributed by atoms with van der Waals surface area (Å²) in [6, 6.07) is 11.7. The number of amides is 1. The molecule has 30 heavy (non-hydrogen) atoms. The fraction of sp³-hybridized carbons (Fsp3) is 0.478. The van der Waals surface area contributed by atoms with Crippen molar-refractivity contribution < 1.29 is 9.63 Å². The van der Waals surface area contributed by atoms with Crippen LogP contribution >= 0.6 is 11.3 Å². The summed E-state index contributed by atoms with van der Waals surface area (Å²) < 4.78 is 0. The molecule has 6 nitrogen and oxygen atoms in total. The zero-order chi connectivity index (χ0) is 21.3. The molecular formula is C23H32N4O2S. The van der Waals surface area contributed by atoms with Gasteiger partial charge in [-0.1, -0.05) is 17.3 Å². The van der Waals surface area contributed by atoms with Crippen LogP contribution in [-0.2, 0) is 22.6 Å². The van der Waals surface area contributed by atoms with E-state index in [-0.39, 0.29) is 11.9 Å². The van der Waals surface area contributed by atoms with Gasteiger partial charge in [-0.05, 0) is 59.9 Å². The largest absolute Gasteiger partial charge is 0.399 e. The lowest BCUT2D eigenvalue weighted by molar-refractivity contribution is -0.119. The number of anilines is 1. The number of piperidine rings is 1. The van der Waals surface area contributed by atoms with Gasteiger partial charge in [0.2, 0.25) is 5.91 Å². The van der Waals surface area contributed by atoms with Crippen LogP contribution in [0.5, 0.6) is 0 Å². The lowest BCUT2D eigenvalue weighted by atomic mass is 9.99. The number of primary amides is 1. The van der Waals surface area contributed by atoms with Gasteiger partial charge in [0.15, 0.2) is 0 Å². The lowest BCUT2D eigenvalue weighted by Crippen LogP contribution is -2.48. The van der Waals surface area contributed by atoms with Crippen molar-refractivity contribution in [1.82, 2.24) is 4.90 Å². The van der Waals surface area contributed by atoms with E-state index in [4.69, 9.17) is 10.6 Å². The Morgan fingerprint density at radius 2 is 2.03 bits per heavy atom. The monoisotopic (exact) mass is 428 g/mol. The zero-order valence-corrected chi connectivity index (χ0v) is 18.7. The minimum atomic E-state index is -0.223. The molecule has 2 heterocycles. The van der Waals surface area contributed by atoms with E-state index in [0.29, 0.717) is 12.5 Å². The molecule has 2 aromatic rings. The molecule has 0 saturated carbocycles. The topological polar surface area (TPSA) is 71.2 Å². The minimum Gasteiger partial charge on any atom is -0.399 e. The second-order valence-electron chi connectivity index (χ2n) is 7.89. The van der Waals surface area contributed by atoms with Crippen LogP contribution < -0.4 is 10.6 Å². The molecule has 0 bridgehead atoms. The van der Waals surface area contributed by atoms with Crippen LogP contribution in [0.2, 0.25) is 0 Å². The van der Waals surface area contributed by atoms with Crippen molar-refractivity contribution in [3.05, 3.63) is 52.2 Å². The number of benzene rings is 1. The second-order valence-corrected chi connectivity index (χ2v) is 8.67. The zero-order valence-electron chi connectivity index (χ0n) is 17.9. The quantitative estimate of drug-likeness (QED) is 0.463. The van der Waals surface area contributed by atoms with E-state index in [1.165, 1.54) is 16.8 Å². The highest BCUT2D eigenvalue weighted by molar-refractivity contribution is 7.07. The van der Waals surface area contributed by atoms with Gasteiger partial charge in [0, 0.05) is 56.5 Å². The highest BCUT2D eigenvalue weighted by atomic mass is 32.1. The third kappa shape index (κ3) is 6.31. The van der Waals surface area contributed by atoms with Gasteiger partial charge in [-0.3, -0.25) is 9.69 Å². The molecule has 2 N–H and O–H groups in total. The maximum atomic E-state index is 11.3. The molecule has 1 aromatic carbocycles. The van der Waals surface area contributed by atoms with Crippen LogP contribution in [-0.4, -0.2) is 49.3 Å². The maximum Gasteiger partial charge on any atom is 0.218 e. The number of carbonyl (C=O) groups excluding carboxylic acids is 1. The molecule has 1 aromatic heterocycles. The molecule has 1 saturated heterocycles. The van der Waals surface area contributed by atoms with Crippen LogP contribution in [0.15, 0.2) is 46.2 Å². The van der Waals surface area contributed by atoms with Crippen molar-refractivity contribution in [2.75, 3.05) is 25.1 Å². The second kappa shape index (κ2) is 11.1. The lowest BCUT2D eigenvalue weighted by Gasteiger charge is -2.41. The van der Waals surface area contributed by atoms with Gasteiger partial charge < -0.3 is 15.5 Å². The Morgan fingerprint density at radius 3 is 2.63 bits per heavy atom.